The van der Waals surface area contributed by atoms with Crippen LogP contribution in [0.4, 0.5) is 0 Å². The van der Waals surface area contributed by atoms with Gasteiger partial charge in [0.1, 0.15) is 0 Å². The summed E-state index contributed by atoms with van der Waals surface area (Å²) in [7, 11) is -3.79. The molecule has 21 heavy (non-hydrogen) atoms. The van der Waals surface area contributed by atoms with E-state index in [9.17, 15) is 13.2 Å². The van der Waals surface area contributed by atoms with E-state index >= 15 is 0 Å². The van der Waals surface area contributed by atoms with Crippen molar-refractivity contribution in [1.29, 1.82) is 0 Å². The van der Waals surface area contributed by atoms with Gasteiger partial charge < -0.3 is 5.11 Å². The Kier molecular flexibility index (Phi) is 4.82. The maximum absolute atomic E-state index is 12.3. The third-order valence-corrected chi connectivity index (χ3v) is 6.07. The topological polar surface area (TPSA) is 83.5 Å². The monoisotopic (exact) mass is 389 g/mol. The fourth-order valence-corrected chi connectivity index (χ4v) is 4.21. The van der Waals surface area contributed by atoms with Gasteiger partial charge in [-0.15, -0.1) is 11.3 Å². The minimum Gasteiger partial charge on any atom is -0.478 e. The Morgan fingerprint density at radius 2 is 2.10 bits per heavy atom. The molecule has 0 spiro atoms. The molecule has 0 aliphatic heterocycles. The van der Waals surface area contributed by atoms with E-state index in [1.165, 1.54) is 23.5 Å². The van der Waals surface area contributed by atoms with Gasteiger partial charge in [0.2, 0.25) is 10.0 Å². The molecule has 1 aromatic heterocycles. The molecule has 0 unspecified atom stereocenters. The van der Waals surface area contributed by atoms with Crippen molar-refractivity contribution in [3.63, 3.8) is 0 Å². The van der Waals surface area contributed by atoms with Crippen molar-refractivity contribution in [2.45, 2.75) is 17.9 Å². The summed E-state index contributed by atoms with van der Waals surface area (Å²) < 4.78 is 27.5. The largest absolute Gasteiger partial charge is 0.478 e. The van der Waals surface area contributed by atoms with Gasteiger partial charge in [-0.3, -0.25) is 0 Å². The molecule has 0 radical (unpaired) electrons. The molecule has 0 aliphatic carbocycles. The summed E-state index contributed by atoms with van der Waals surface area (Å²) in [6, 6.07) is 7.20. The minimum absolute atomic E-state index is 0.0773. The molecule has 8 heteroatoms. The van der Waals surface area contributed by atoms with Gasteiger partial charge in [-0.1, -0.05) is 6.07 Å². The average Bonchev–Trinajstić information content (AvgIpc) is 2.92. The van der Waals surface area contributed by atoms with Crippen LogP contribution in [0.5, 0.6) is 0 Å². The summed E-state index contributed by atoms with van der Waals surface area (Å²) in [5.74, 6) is -1.19. The highest BCUT2D eigenvalue weighted by Gasteiger charge is 2.21. The summed E-state index contributed by atoms with van der Waals surface area (Å²) in [4.78, 5) is 11.9. The first-order valence-electron chi connectivity index (χ1n) is 5.90. The number of hydrogen-bond acceptors (Lipinski definition) is 4. The molecule has 0 amide bonds. The van der Waals surface area contributed by atoms with Crippen molar-refractivity contribution in [3.05, 3.63) is 50.6 Å². The number of carbonyl (C=O) groups is 1. The molecule has 0 saturated heterocycles. The zero-order chi connectivity index (χ0) is 15.6. The quantitative estimate of drug-likeness (QED) is 0.821. The molecule has 1 heterocycles. The second kappa shape index (κ2) is 6.27. The molecule has 0 saturated carbocycles. The summed E-state index contributed by atoms with van der Waals surface area (Å²) in [6.45, 7) is 1.74. The number of nitrogens with one attached hydrogen (secondary N) is 1. The first-order chi connectivity index (χ1) is 9.81. The van der Waals surface area contributed by atoms with Gasteiger partial charge in [0.05, 0.1) is 16.5 Å². The molecule has 1 atom stereocenters. The van der Waals surface area contributed by atoms with Crippen LogP contribution in [-0.4, -0.2) is 19.5 Å². The van der Waals surface area contributed by atoms with Crippen molar-refractivity contribution in [1.82, 2.24) is 4.72 Å². The summed E-state index contributed by atoms with van der Waals surface area (Å²) >= 11 is 4.53. The highest BCUT2D eigenvalue weighted by Crippen LogP contribution is 2.24. The van der Waals surface area contributed by atoms with Crippen molar-refractivity contribution in [2.24, 2.45) is 0 Å². The highest BCUT2D eigenvalue weighted by atomic mass is 79.9. The van der Waals surface area contributed by atoms with Crippen LogP contribution in [0.3, 0.4) is 0 Å². The first-order valence-corrected chi connectivity index (χ1v) is 9.05. The number of benzene rings is 1. The van der Waals surface area contributed by atoms with E-state index in [4.69, 9.17) is 5.11 Å². The van der Waals surface area contributed by atoms with E-state index in [0.717, 1.165) is 10.9 Å². The smallest absolute Gasteiger partial charge is 0.336 e. The molecule has 5 nitrogen and oxygen atoms in total. The Balaban J connectivity index is 2.32. The standard InChI is InChI=1S/C13H12BrNO4S2/c1-8(12-3-2-6-20-12)15-21(18,19)9-4-5-11(14)10(7-9)13(16)17/h2-8,15H,1H3,(H,16,17)/t8-/m0/s1. The number of thiophene rings is 1. The second-order valence-electron chi connectivity index (χ2n) is 4.31. The predicted molar refractivity (Wildman–Crippen MR) is 84.2 cm³/mol. The zero-order valence-corrected chi connectivity index (χ0v) is 14.1. The van der Waals surface area contributed by atoms with Crippen molar-refractivity contribution in [2.75, 3.05) is 0 Å². The average molecular weight is 390 g/mol. The number of carboxylic acid groups (broad SMARTS) is 1. The van der Waals surface area contributed by atoms with Crippen LogP contribution in [0.15, 0.2) is 45.1 Å². The van der Waals surface area contributed by atoms with E-state index in [-0.39, 0.29) is 16.5 Å². The number of hydrogen-bond donors (Lipinski definition) is 2. The van der Waals surface area contributed by atoms with E-state index in [2.05, 4.69) is 20.7 Å². The Hall–Kier alpha value is -1.22. The highest BCUT2D eigenvalue weighted by molar-refractivity contribution is 9.10. The van der Waals surface area contributed by atoms with Crippen LogP contribution in [0.2, 0.25) is 0 Å². The number of aromatic carboxylic acids is 1. The molecule has 2 N–H and O–H groups in total. The minimum atomic E-state index is -3.79. The summed E-state index contributed by atoms with van der Waals surface area (Å²) in [6.07, 6.45) is 0. The maximum Gasteiger partial charge on any atom is 0.336 e. The van der Waals surface area contributed by atoms with Gasteiger partial charge in [-0.25, -0.2) is 17.9 Å². The Morgan fingerprint density at radius 1 is 1.38 bits per heavy atom. The molecular formula is C13H12BrNO4S2. The molecule has 1 aromatic carbocycles. The molecule has 2 rings (SSSR count). The Labute approximate surface area is 134 Å². The Bertz CT molecular complexity index is 756. The first kappa shape index (κ1) is 16.2. The van der Waals surface area contributed by atoms with Crippen LogP contribution < -0.4 is 4.72 Å². The summed E-state index contributed by atoms with van der Waals surface area (Å²) in [5.41, 5.74) is -0.0957. The van der Waals surface area contributed by atoms with Crippen LogP contribution in [0.1, 0.15) is 28.2 Å². The lowest BCUT2D eigenvalue weighted by Gasteiger charge is -2.13. The van der Waals surface area contributed by atoms with E-state index < -0.39 is 16.0 Å². The number of rotatable bonds is 5. The second-order valence-corrected chi connectivity index (χ2v) is 7.85. The Morgan fingerprint density at radius 3 is 2.67 bits per heavy atom. The molecule has 0 fully saturated rings. The number of halogens is 1. The van der Waals surface area contributed by atoms with Gasteiger partial charge in [0.25, 0.3) is 0 Å². The van der Waals surface area contributed by atoms with Crippen molar-refractivity contribution >= 4 is 43.3 Å². The molecule has 112 valence electrons. The fourth-order valence-electron chi connectivity index (χ4n) is 1.73. The van der Waals surface area contributed by atoms with Crippen LogP contribution >= 0.6 is 27.3 Å². The van der Waals surface area contributed by atoms with Crippen molar-refractivity contribution < 1.29 is 18.3 Å². The van der Waals surface area contributed by atoms with Gasteiger partial charge >= 0.3 is 5.97 Å². The van der Waals surface area contributed by atoms with E-state index in [1.807, 2.05) is 17.5 Å². The van der Waals surface area contributed by atoms with E-state index in [1.54, 1.807) is 6.92 Å². The molecular weight excluding hydrogens is 378 g/mol. The normalized spacial score (nSPS) is 13.0. The third-order valence-electron chi connectivity index (χ3n) is 2.78. The molecule has 2 aromatic rings. The lowest BCUT2D eigenvalue weighted by atomic mass is 10.2. The van der Waals surface area contributed by atoms with Gasteiger partial charge in [0, 0.05) is 9.35 Å². The van der Waals surface area contributed by atoms with Gasteiger partial charge in [0.15, 0.2) is 0 Å². The van der Waals surface area contributed by atoms with Gasteiger partial charge in [-0.2, -0.15) is 0 Å². The van der Waals surface area contributed by atoms with Crippen LogP contribution in [-0.2, 0) is 10.0 Å². The number of carboxylic acids is 1. The fraction of sp³-hybridized carbons (Fsp3) is 0.154. The van der Waals surface area contributed by atoms with Crippen LogP contribution in [0, 0.1) is 0 Å². The summed E-state index contributed by atoms with van der Waals surface area (Å²) in [5, 5.41) is 10.9. The molecule has 0 bridgehead atoms. The third kappa shape index (κ3) is 3.70. The molecule has 0 aliphatic rings. The van der Waals surface area contributed by atoms with Crippen LogP contribution in [0.25, 0.3) is 0 Å². The lowest BCUT2D eigenvalue weighted by molar-refractivity contribution is 0.0695. The lowest BCUT2D eigenvalue weighted by Crippen LogP contribution is -2.26. The van der Waals surface area contributed by atoms with Gasteiger partial charge in [-0.05, 0) is 52.5 Å². The maximum atomic E-state index is 12.3. The predicted octanol–water partition coefficient (Wildman–Crippen LogP) is 3.25. The van der Waals surface area contributed by atoms with E-state index in [0.29, 0.717) is 4.47 Å². The van der Waals surface area contributed by atoms with Crippen molar-refractivity contribution in [3.8, 4) is 0 Å². The number of sulfonamides is 1. The SMILES string of the molecule is C[C@H](NS(=O)(=O)c1ccc(Br)c(C(=O)O)c1)c1cccs1. The zero-order valence-electron chi connectivity index (χ0n) is 10.9.